The van der Waals surface area contributed by atoms with E-state index < -0.39 is 6.10 Å². The Hall–Kier alpha value is -0.910. The van der Waals surface area contributed by atoms with Gasteiger partial charge in [-0.25, -0.2) is 0 Å². The molecule has 0 aliphatic rings. The summed E-state index contributed by atoms with van der Waals surface area (Å²) in [5.74, 6) is -0.0432. The molecule has 2 atom stereocenters. The molecule has 1 aromatic heterocycles. The van der Waals surface area contributed by atoms with Crippen LogP contribution >= 0.6 is 11.3 Å². The van der Waals surface area contributed by atoms with E-state index in [4.69, 9.17) is 0 Å². The second kappa shape index (κ2) is 6.74. The maximum atomic E-state index is 11.6. The number of rotatable bonds is 6. The topological polar surface area (TPSA) is 61.4 Å². The Bertz CT molecular complexity index is 338. The molecule has 1 aromatic rings. The molecule has 1 rings (SSSR count). The van der Waals surface area contributed by atoms with Gasteiger partial charge in [-0.05, 0) is 32.2 Å². The number of amides is 1. The van der Waals surface area contributed by atoms with Gasteiger partial charge >= 0.3 is 0 Å². The van der Waals surface area contributed by atoms with Crippen molar-refractivity contribution in [1.29, 1.82) is 0 Å². The Labute approximate surface area is 106 Å². The summed E-state index contributed by atoms with van der Waals surface area (Å²) in [4.78, 5) is 12.5. The summed E-state index contributed by atoms with van der Waals surface area (Å²) in [6, 6.07) is 3.62. The van der Waals surface area contributed by atoms with Crippen molar-refractivity contribution in [2.45, 2.75) is 39.0 Å². The number of carbonyl (C=O) groups excluding carboxylic acids is 1. The lowest BCUT2D eigenvalue weighted by Crippen LogP contribution is -2.45. The van der Waals surface area contributed by atoms with Gasteiger partial charge in [0.15, 0.2) is 0 Å². The Morgan fingerprint density at radius 1 is 1.47 bits per heavy atom. The molecule has 1 amide bonds. The molecule has 0 aliphatic heterocycles. The van der Waals surface area contributed by atoms with Crippen molar-refractivity contribution in [3.8, 4) is 0 Å². The lowest BCUT2D eigenvalue weighted by atomic mass is 10.2. The molecule has 3 N–H and O–H groups in total. The first-order valence-corrected chi connectivity index (χ1v) is 6.64. The van der Waals surface area contributed by atoms with E-state index in [1.807, 2.05) is 31.4 Å². The molecule has 0 radical (unpaired) electrons. The predicted molar refractivity (Wildman–Crippen MR) is 70.0 cm³/mol. The van der Waals surface area contributed by atoms with Gasteiger partial charge in [-0.3, -0.25) is 4.79 Å². The van der Waals surface area contributed by atoms with E-state index in [0.717, 1.165) is 4.88 Å². The summed E-state index contributed by atoms with van der Waals surface area (Å²) >= 11 is 1.51. The van der Waals surface area contributed by atoms with Gasteiger partial charge in [0.2, 0.25) is 5.91 Å². The zero-order chi connectivity index (χ0) is 12.8. The average molecular weight is 256 g/mol. The Morgan fingerprint density at radius 3 is 2.71 bits per heavy atom. The maximum absolute atomic E-state index is 11.6. The SMILES string of the molecule is CC(C)NC(=O)C(C)NCC(O)c1cccs1. The molecule has 96 valence electrons. The fraction of sp³-hybridized carbons (Fsp3) is 0.583. The summed E-state index contributed by atoms with van der Waals surface area (Å²) < 4.78 is 0. The van der Waals surface area contributed by atoms with Crippen molar-refractivity contribution < 1.29 is 9.90 Å². The Kier molecular flexibility index (Phi) is 5.61. The third-order valence-corrected chi connectivity index (χ3v) is 3.29. The number of hydrogen-bond donors (Lipinski definition) is 3. The standard InChI is InChI=1S/C12H20N2O2S/c1-8(2)14-12(16)9(3)13-7-10(15)11-5-4-6-17-11/h4-6,8-10,13,15H,7H2,1-3H3,(H,14,16). The van der Waals surface area contributed by atoms with E-state index in [-0.39, 0.29) is 18.0 Å². The third kappa shape index (κ3) is 4.85. The number of aliphatic hydroxyl groups excluding tert-OH is 1. The van der Waals surface area contributed by atoms with Crippen LogP contribution in [-0.2, 0) is 4.79 Å². The molecule has 0 aliphatic carbocycles. The molecule has 0 spiro atoms. The van der Waals surface area contributed by atoms with Crippen LogP contribution in [-0.4, -0.2) is 29.6 Å². The van der Waals surface area contributed by atoms with Gasteiger partial charge in [0.05, 0.1) is 6.04 Å². The molecule has 0 aromatic carbocycles. The normalized spacial score (nSPS) is 14.6. The minimum Gasteiger partial charge on any atom is -0.386 e. The molecular formula is C12H20N2O2S. The average Bonchev–Trinajstić information content (AvgIpc) is 2.77. The maximum Gasteiger partial charge on any atom is 0.237 e. The van der Waals surface area contributed by atoms with Gasteiger partial charge in [0.25, 0.3) is 0 Å². The monoisotopic (exact) mass is 256 g/mol. The highest BCUT2D eigenvalue weighted by atomic mass is 32.1. The van der Waals surface area contributed by atoms with Crippen LogP contribution in [0.5, 0.6) is 0 Å². The van der Waals surface area contributed by atoms with Crippen molar-refractivity contribution in [3.05, 3.63) is 22.4 Å². The van der Waals surface area contributed by atoms with E-state index in [9.17, 15) is 9.90 Å². The first-order valence-electron chi connectivity index (χ1n) is 5.76. The molecule has 4 nitrogen and oxygen atoms in total. The fourth-order valence-electron chi connectivity index (χ4n) is 1.37. The third-order valence-electron chi connectivity index (χ3n) is 2.31. The predicted octanol–water partition coefficient (Wildman–Crippen LogP) is 1.28. The number of thiophene rings is 1. The van der Waals surface area contributed by atoms with Gasteiger partial charge in [-0.2, -0.15) is 0 Å². The minimum absolute atomic E-state index is 0.0432. The van der Waals surface area contributed by atoms with Crippen LogP contribution < -0.4 is 10.6 Å². The van der Waals surface area contributed by atoms with Gasteiger partial charge in [-0.15, -0.1) is 11.3 Å². The van der Waals surface area contributed by atoms with Crippen LogP contribution in [0, 0.1) is 0 Å². The molecule has 5 heteroatoms. The van der Waals surface area contributed by atoms with Crippen LogP contribution in [0.2, 0.25) is 0 Å². The molecule has 17 heavy (non-hydrogen) atoms. The second-order valence-corrected chi connectivity index (χ2v) is 5.30. The van der Waals surface area contributed by atoms with Crippen molar-refractivity contribution in [1.82, 2.24) is 10.6 Å². The molecule has 0 saturated carbocycles. The molecule has 0 bridgehead atoms. The van der Waals surface area contributed by atoms with E-state index in [1.54, 1.807) is 6.92 Å². The fourth-order valence-corrected chi connectivity index (χ4v) is 2.08. The largest absolute Gasteiger partial charge is 0.386 e. The summed E-state index contributed by atoms with van der Waals surface area (Å²) in [5.41, 5.74) is 0. The van der Waals surface area contributed by atoms with Gasteiger partial charge in [0, 0.05) is 17.5 Å². The van der Waals surface area contributed by atoms with Crippen LogP contribution in [0.15, 0.2) is 17.5 Å². The first kappa shape index (κ1) is 14.2. The van der Waals surface area contributed by atoms with Gasteiger partial charge in [0.1, 0.15) is 6.10 Å². The Morgan fingerprint density at radius 2 is 2.18 bits per heavy atom. The quantitative estimate of drug-likeness (QED) is 0.718. The Balaban J connectivity index is 2.33. The second-order valence-electron chi connectivity index (χ2n) is 4.32. The van der Waals surface area contributed by atoms with E-state index in [0.29, 0.717) is 6.54 Å². The van der Waals surface area contributed by atoms with Crippen molar-refractivity contribution >= 4 is 17.2 Å². The summed E-state index contributed by atoms with van der Waals surface area (Å²) in [6.45, 7) is 6.02. The lowest BCUT2D eigenvalue weighted by Gasteiger charge is -2.17. The highest BCUT2D eigenvalue weighted by Crippen LogP contribution is 2.17. The number of nitrogens with one attached hydrogen (secondary N) is 2. The zero-order valence-electron chi connectivity index (χ0n) is 10.4. The smallest absolute Gasteiger partial charge is 0.237 e. The van der Waals surface area contributed by atoms with Crippen molar-refractivity contribution in [3.63, 3.8) is 0 Å². The zero-order valence-corrected chi connectivity index (χ0v) is 11.3. The van der Waals surface area contributed by atoms with E-state index in [2.05, 4.69) is 10.6 Å². The minimum atomic E-state index is -0.552. The molecule has 0 saturated heterocycles. The number of carbonyl (C=O) groups is 1. The van der Waals surface area contributed by atoms with Crippen molar-refractivity contribution in [2.75, 3.05) is 6.54 Å². The van der Waals surface area contributed by atoms with Crippen LogP contribution in [0.4, 0.5) is 0 Å². The number of hydrogen-bond acceptors (Lipinski definition) is 4. The molecular weight excluding hydrogens is 236 g/mol. The first-order chi connectivity index (χ1) is 8.00. The number of aliphatic hydroxyl groups is 1. The van der Waals surface area contributed by atoms with E-state index >= 15 is 0 Å². The molecule has 1 heterocycles. The summed E-state index contributed by atoms with van der Waals surface area (Å²) in [5, 5.41) is 17.6. The van der Waals surface area contributed by atoms with Gasteiger partial charge < -0.3 is 15.7 Å². The van der Waals surface area contributed by atoms with Gasteiger partial charge in [-0.1, -0.05) is 6.07 Å². The van der Waals surface area contributed by atoms with Crippen molar-refractivity contribution in [2.24, 2.45) is 0 Å². The lowest BCUT2D eigenvalue weighted by molar-refractivity contribution is -0.123. The molecule has 2 unspecified atom stereocenters. The highest BCUT2D eigenvalue weighted by molar-refractivity contribution is 7.10. The summed E-state index contributed by atoms with van der Waals surface area (Å²) in [6.07, 6.45) is -0.552. The molecule has 0 fully saturated rings. The van der Waals surface area contributed by atoms with Crippen LogP contribution in [0.3, 0.4) is 0 Å². The highest BCUT2D eigenvalue weighted by Gasteiger charge is 2.15. The van der Waals surface area contributed by atoms with E-state index in [1.165, 1.54) is 11.3 Å². The van der Waals surface area contributed by atoms with Crippen LogP contribution in [0.25, 0.3) is 0 Å². The summed E-state index contributed by atoms with van der Waals surface area (Å²) in [7, 11) is 0. The van der Waals surface area contributed by atoms with Crippen LogP contribution in [0.1, 0.15) is 31.8 Å².